The van der Waals surface area contributed by atoms with Gasteiger partial charge in [-0.3, -0.25) is 0 Å². The first-order valence-corrected chi connectivity index (χ1v) is 9.89. The molecule has 0 aliphatic rings. The third-order valence-corrected chi connectivity index (χ3v) is 8.66. The highest BCUT2D eigenvalue weighted by atomic mass is 28.4. The lowest BCUT2D eigenvalue weighted by molar-refractivity contribution is 0.185. The van der Waals surface area contributed by atoms with Gasteiger partial charge in [0.15, 0.2) is 8.32 Å². The molecule has 0 spiro atoms. The second-order valence-electron chi connectivity index (χ2n) is 7.50. The Labute approximate surface area is 119 Å². The molecule has 0 atom stereocenters. The Hall–Kier alpha value is -0.553. The summed E-state index contributed by atoms with van der Waals surface area (Å²) in [5, 5.41) is 11.2. The lowest BCUT2D eigenvalue weighted by Crippen LogP contribution is -2.41. The van der Waals surface area contributed by atoms with Crippen LogP contribution in [-0.4, -0.2) is 32.7 Å². The van der Waals surface area contributed by atoms with Crippen LogP contribution in [0.5, 0.6) is 0 Å². The lowest BCUT2D eigenvalue weighted by atomic mass is 9.86. The molecule has 0 fully saturated rings. The van der Waals surface area contributed by atoms with E-state index >= 15 is 0 Å². The van der Waals surface area contributed by atoms with Crippen LogP contribution in [0.4, 0.5) is 4.79 Å². The monoisotopic (exact) mass is 289 g/mol. The van der Waals surface area contributed by atoms with Gasteiger partial charge >= 0.3 is 6.09 Å². The summed E-state index contributed by atoms with van der Waals surface area (Å²) in [5.74, 6) is 0. The molecule has 0 aromatic heterocycles. The summed E-state index contributed by atoms with van der Waals surface area (Å²) in [4.78, 5) is 10.4. The predicted molar refractivity (Wildman–Crippen MR) is 82.2 cm³/mol. The van der Waals surface area contributed by atoms with Crippen molar-refractivity contribution >= 4 is 14.4 Å². The summed E-state index contributed by atoms with van der Waals surface area (Å²) < 4.78 is 6.16. The summed E-state index contributed by atoms with van der Waals surface area (Å²) in [5.41, 5.74) is 0.102. The fraction of sp³-hybridized carbons (Fsp3) is 0.929. The first-order chi connectivity index (χ1) is 8.37. The molecule has 4 nitrogen and oxygen atoms in total. The van der Waals surface area contributed by atoms with E-state index in [9.17, 15) is 4.79 Å². The number of carbonyl (C=O) groups is 1. The van der Waals surface area contributed by atoms with Gasteiger partial charge in [-0.15, -0.1) is 0 Å². The topological polar surface area (TPSA) is 58.6 Å². The normalized spacial score (nSPS) is 13.4. The zero-order valence-corrected chi connectivity index (χ0v) is 14.6. The summed E-state index contributed by atoms with van der Waals surface area (Å²) in [6.45, 7) is 16.8. The van der Waals surface area contributed by atoms with E-state index in [1.54, 1.807) is 0 Å². The minimum Gasteiger partial charge on any atom is -0.465 e. The molecule has 0 aromatic rings. The Balaban J connectivity index is 4.08. The molecule has 0 aliphatic carbocycles. The Morgan fingerprint density at radius 3 is 2.11 bits per heavy atom. The molecular weight excluding hydrogens is 258 g/mol. The minimum absolute atomic E-state index is 0.102. The van der Waals surface area contributed by atoms with E-state index in [1.807, 2.05) is 0 Å². The molecule has 0 aliphatic heterocycles. The minimum atomic E-state index is -1.66. The third kappa shape index (κ3) is 7.57. The zero-order valence-electron chi connectivity index (χ0n) is 13.6. The third-order valence-electron chi connectivity index (χ3n) is 4.13. The Kier molecular flexibility index (Phi) is 6.55. The van der Waals surface area contributed by atoms with E-state index < -0.39 is 14.4 Å². The van der Waals surface area contributed by atoms with Crippen LogP contribution in [0.15, 0.2) is 0 Å². The van der Waals surface area contributed by atoms with Crippen molar-refractivity contribution in [2.45, 2.75) is 65.6 Å². The summed E-state index contributed by atoms with van der Waals surface area (Å²) in [6, 6.07) is 0. The van der Waals surface area contributed by atoms with Gasteiger partial charge in [0.25, 0.3) is 0 Å². The van der Waals surface area contributed by atoms with E-state index in [4.69, 9.17) is 9.53 Å². The van der Waals surface area contributed by atoms with Gasteiger partial charge in [-0.2, -0.15) is 0 Å². The number of nitrogens with one attached hydrogen (secondary N) is 1. The Morgan fingerprint density at radius 1 is 1.16 bits per heavy atom. The Bertz CT molecular complexity index is 296. The van der Waals surface area contributed by atoms with Gasteiger partial charge in [-0.05, 0) is 36.4 Å². The maximum atomic E-state index is 10.4. The second-order valence-corrected chi connectivity index (χ2v) is 12.3. The van der Waals surface area contributed by atoms with E-state index in [1.165, 1.54) is 0 Å². The van der Waals surface area contributed by atoms with Crippen LogP contribution in [0.25, 0.3) is 0 Å². The second kappa shape index (κ2) is 6.75. The smallest absolute Gasteiger partial charge is 0.404 e. The number of carboxylic acid groups (broad SMARTS) is 1. The van der Waals surface area contributed by atoms with Crippen molar-refractivity contribution in [3.05, 3.63) is 0 Å². The lowest BCUT2D eigenvalue weighted by Gasteiger charge is -2.37. The van der Waals surface area contributed by atoms with Gasteiger partial charge in [-0.1, -0.05) is 34.6 Å². The highest BCUT2D eigenvalue weighted by molar-refractivity contribution is 6.74. The predicted octanol–water partition coefficient (Wildman–Crippen LogP) is 4.08. The quantitative estimate of drug-likeness (QED) is 0.694. The van der Waals surface area contributed by atoms with E-state index in [0.29, 0.717) is 6.54 Å². The van der Waals surface area contributed by atoms with Crippen molar-refractivity contribution in [3.63, 3.8) is 0 Å². The van der Waals surface area contributed by atoms with E-state index in [2.05, 4.69) is 53.0 Å². The molecule has 0 rings (SSSR count). The van der Waals surface area contributed by atoms with Crippen molar-refractivity contribution in [3.8, 4) is 0 Å². The number of rotatable bonds is 7. The summed E-state index contributed by atoms with van der Waals surface area (Å²) in [6.07, 6.45) is 0.842. The van der Waals surface area contributed by atoms with Crippen LogP contribution >= 0.6 is 0 Å². The molecule has 0 bridgehead atoms. The molecule has 114 valence electrons. The molecule has 19 heavy (non-hydrogen) atoms. The standard InChI is InChI=1S/C14H31NO3Si/c1-13(2,3)19(6,7)18-11-9-14(4,5)8-10-15-12(16)17/h15H,8-11H2,1-7H3,(H,16,17). The Morgan fingerprint density at radius 2 is 1.68 bits per heavy atom. The van der Waals surface area contributed by atoms with Gasteiger partial charge in [0.2, 0.25) is 0 Å². The van der Waals surface area contributed by atoms with Gasteiger partial charge in [0.05, 0.1) is 0 Å². The highest BCUT2D eigenvalue weighted by Crippen LogP contribution is 2.37. The molecular formula is C14H31NO3Si. The number of hydrogen-bond acceptors (Lipinski definition) is 2. The average Bonchev–Trinajstić information content (AvgIpc) is 2.13. The largest absolute Gasteiger partial charge is 0.465 e. The maximum absolute atomic E-state index is 10.4. The van der Waals surface area contributed by atoms with E-state index in [0.717, 1.165) is 19.4 Å². The van der Waals surface area contributed by atoms with Crippen LogP contribution in [-0.2, 0) is 4.43 Å². The highest BCUT2D eigenvalue weighted by Gasteiger charge is 2.37. The molecule has 0 saturated carbocycles. The summed E-state index contributed by atoms with van der Waals surface area (Å²) >= 11 is 0. The SMILES string of the molecule is CC(C)(CCNC(=O)O)CCO[Si](C)(C)C(C)(C)C. The number of hydrogen-bond donors (Lipinski definition) is 2. The van der Waals surface area contributed by atoms with Crippen molar-refractivity contribution in [2.24, 2.45) is 5.41 Å². The summed E-state index contributed by atoms with van der Waals surface area (Å²) in [7, 11) is -1.66. The molecule has 0 unspecified atom stereocenters. The maximum Gasteiger partial charge on any atom is 0.404 e. The molecule has 2 N–H and O–H groups in total. The first-order valence-electron chi connectivity index (χ1n) is 6.98. The van der Waals surface area contributed by atoms with Crippen molar-refractivity contribution in [1.82, 2.24) is 5.32 Å². The van der Waals surface area contributed by atoms with Gasteiger partial charge in [0, 0.05) is 13.2 Å². The molecule has 0 radical (unpaired) electrons. The van der Waals surface area contributed by atoms with Crippen LogP contribution < -0.4 is 5.32 Å². The molecule has 0 heterocycles. The fourth-order valence-electron chi connectivity index (χ4n) is 1.43. The van der Waals surface area contributed by atoms with Crippen LogP contribution in [0.1, 0.15) is 47.5 Å². The molecule has 0 aromatic carbocycles. The van der Waals surface area contributed by atoms with Crippen molar-refractivity contribution in [1.29, 1.82) is 0 Å². The van der Waals surface area contributed by atoms with Crippen LogP contribution in [0, 0.1) is 5.41 Å². The van der Waals surface area contributed by atoms with Crippen molar-refractivity contribution in [2.75, 3.05) is 13.2 Å². The molecule has 5 heteroatoms. The van der Waals surface area contributed by atoms with Gasteiger partial charge in [0.1, 0.15) is 0 Å². The first kappa shape index (κ1) is 18.4. The van der Waals surface area contributed by atoms with E-state index in [-0.39, 0.29) is 10.5 Å². The zero-order chi connectivity index (χ0) is 15.3. The molecule has 1 amide bonds. The van der Waals surface area contributed by atoms with Gasteiger partial charge < -0.3 is 14.8 Å². The van der Waals surface area contributed by atoms with Gasteiger partial charge in [-0.25, -0.2) is 4.79 Å². The van der Waals surface area contributed by atoms with Crippen molar-refractivity contribution < 1.29 is 14.3 Å². The van der Waals surface area contributed by atoms with Crippen LogP contribution in [0.3, 0.4) is 0 Å². The fourth-order valence-corrected chi connectivity index (χ4v) is 2.48. The van der Waals surface area contributed by atoms with Crippen LogP contribution in [0.2, 0.25) is 18.1 Å². The molecule has 0 saturated heterocycles. The number of amides is 1. The average molecular weight is 289 g/mol.